The third kappa shape index (κ3) is 2.89. The highest BCUT2D eigenvalue weighted by molar-refractivity contribution is 5.84. The molecule has 1 amide bonds. The van der Waals surface area contributed by atoms with Crippen molar-refractivity contribution in [2.24, 2.45) is 0 Å². The molecule has 4 nitrogen and oxygen atoms in total. The van der Waals surface area contributed by atoms with Gasteiger partial charge in [0.2, 0.25) is 5.91 Å². The molecule has 1 aromatic heterocycles. The standard InChI is InChI=1S/C14H15N3O/c15-8-3-9-16-14(18)7-6-11-10-17-13-5-2-1-4-12(11)13/h1-2,4-5,10,17H,3,6-7,9H2,(H,16,18). The van der Waals surface area contributed by atoms with Crippen LogP contribution in [0.4, 0.5) is 0 Å². The highest BCUT2D eigenvalue weighted by Gasteiger charge is 2.05. The Kier molecular flexibility index (Phi) is 3.98. The van der Waals surface area contributed by atoms with Crippen LogP contribution in [0.1, 0.15) is 18.4 Å². The van der Waals surface area contributed by atoms with Crippen molar-refractivity contribution in [1.29, 1.82) is 5.26 Å². The number of para-hydroxylation sites is 1. The van der Waals surface area contributed by atoms with Crippen LogP contribution in [0.15, 0.2) is 30.5 Å². The summed E-state index contributed by atoms with van der Waals surface area (Å²) in [5.41, 5.74) is 2.25. The second-order valence-electron chi connectivity index (χ2n) is 4.12. The molecule has 0 aliphatic rings. The van der Waals surface area contributed by atoms with E-state index in [0.717, 1.165) is 11.1 Å². The van der Waals surface area contributed by atoms with Crippen LogP contribution in [-0.2, 0) is 11.2 Å². The zero-order valence-electron chi connectivity index (χ0n) is 10.1. The van der Waals surface area contributed by atoms with E-state index in [4.69, 9.17) is 5.26 Å². The van der Waals surface area contributed by atoms with Gasteiger partial charge in [-0.25, -0.2) is 0 Å². The normalized spacial score (nSPS) is 10.2. The van der Waals surface area contributed by atoms with Gasteiger partial charge in [0.25, 0.3) is 0 Å². The van der Waals surface area contributed by atoms with Gasteiger partial charge < -0.3 is 10.3 Å². The maximum atomic E-state index is 11.5. The average molecular weight is 241 g/mol. The minimum absolute atomic E-state index is 0.00414. The number of carbonyl (C=O) groups excluding carboxylic acids is 1. The maximum Gasteiger partial charge on any atom is 0.220 e. The number of hydrogen-bond donors (Lipinski definition) is 2. The number of nitrogens with one attached hydrogen (secondary N) is 2. The van der Waals surface area contributed by atoms with Gasteiger partial charge in [-0.1, -0.05) is 18.2 Å². The van der Waals surface area contributed by atoms with E-state index in [9.17, 15) is 4.79 Å². The van der Waals surface area contributed by atoms with Gasteiger partial charge >= 0.3 is 0 Å². The first-order valence-corrected chi connectivity index (χ1v) is 6.00. The molecule has 18 heavy (non-hydrogen) atoms. The SMILES string of the molecule is N#CCCNC(=O)CCc1c[nH]c2ccccc12. The summed E-state index contributed by atoms with van der Waals surface area (Å²) in [5.74, 6) is -0.00414. The van der Waals surface area contributed by atoms with Crippen LogP contribution in [0.25, 0.3) is 10.9 Å². The van der Waals surface area contributed by atoms with E-state index in [1.165, 1.54) is 5.39 Å². The van der Waals surface area contributed by atoms with Crippen molar-refractivity contribution in [3.8, 4) is 6.07 Å². The smallest absolute Gasteiger partial charge is 0.220 e. The lowest BCUT2D eigenvalue weighted by atomic mass is 10.1. The van der Waals surface area contributed by atoms with Gasteiger partial charge in [0.05, 0.1) is 12.5 Å². The Hall–Kier alpha value is -2.28. The summed E-state index contributed by atoms with van der Waals surface area (Å²) in [6, 6.07) is 10.0. The first kappa shape index (κ1) is 12.2. The second kappa shape index (κ2) is 5.87. The fraction of sp³-hybridized carbons (Fsp3) is 0.286. The lowest BCUT2D eigenvalue weighted by Gasteiger charge is -2.02. The second-order valence-corrected chi connectivity index (χ2v) is 4.12. The molecule has 0 atom stereocenters. The van der Waals surface area contributed by atoms with Crippen LogP contribution in [0.3, 0.4) is 0 Å². The minimum atomic E-state index is -0.00414. The minimum Gasteiger partial charge on any atom is -0.361 e. The summed E-state index contributed by atoms with van der Waals surface area (Å²) < 4.78 is 0. The number of H-pyrrole nitrogens is 1. The van der Waals surface area contributed by atoms with Gasteiger partial charge in [-0.05, 0) is 18.1 Å². The number of benzene rings is 1. The predicted molar refractivity (Wildman–Crippen MR) is 69.9 cm³/mol. The van der Waals surface area contributed by atoms with E-state index >= 15 is 0 Å². The monoisotopic (exact) mass is 241 g/mol. The molecule has 0 spiro atoms. The fourth-order valence-electron chi connectivity index (χ4n) is 1.93. The number of rotatable bonds is 5. The molecule has 1 aromatic carbocycles. The van der Waals surface area contributed by atoms with E-state index in [-0.39, 0.29) is 5.91 Å². The van der Waals surface area contributed by atoms with Gasteiger partial charge in [-0.2, -0.15) is 5.26 Å². The highest BCUT2D eigenvalue weighted by atomic mass is 16.1. The van der Waals surface area contributed by atoms with Crippen molar-refractivity contribution < 1.29 is 4.79 Å². The molecule has 2 rings (SSSR count). The van der Waals surface area contributed by atoms with Crippen molar-refractivity contribution in [3.05, 3.63) is 36.0 Å². The van der Waals surface area contributed by atoms with E-state index < -0.39 is 0 Å². The predicted octanol–water partition coefficient (Wildman–Crippen LogP) is 2.13. The molecule has 2 aromatic rings. The fourth-order valence-corrected chi connectivity index (χ4v) is 1.93. The molecule has 0 fully saturated rings. The zero-order valence-corrected chi connectivity index (χ0v) is 10.1. The van der Waals surface area contributed by atoms with Crippen molar-refractivity contribution >= 4 is 16.8 Å². The number of nitriles is 1. The molecular weight excluding hydrogens is 226 g/mol. The van der Waals surface area contributed by atoms with Crippen molar-refractivity contribution in [2.45, 2.75) is 19.3 Å². The van der Waals surface area contributed by atoms with E-state index in [2.05, 4.69) is 16.4 Å². The Labute approximate surface area is 106 Å². The van der Waals surface area contributed by atoms with Crippen LogP contribution < -0.4 is 5.32 Å². The van der Waals surface area contributed by atoms with Crippen LogP contribution in [-0.4, -0.2) is 17.4 Å². The van der Waals surface area contributed by atoms with Gasteiger partial charge in [-0.15, -0.1) is 0 Å². The van der Waals surface area contributed by atoms with Gasteiger partial charge in [-0.3, -0.25) is 4.79 Å². The van der Waals surface area contributed by atoms with E-state index in [1.807, 2.05) is 30.5 Å². The molecule has 92 valence electrons. The summed E-state index contributed by atoms with van der Waals surface area (Å²) >= 11 is 0. The lowest BCUT2D eigenvalue weighted by molar-refractivity contribution is -0.121. The topological polar surface area (TPSA) is 68.7 Å². The van der Waals surface area contributed by atoms with Crippen LogP contribution in [0, 0.1) is 11.3 Å². The van der Waals surface area contributed by atoms with E-state index in [1.54, 1.807) is 0 Å². The molecule has 2 N–H and O–H groups in total. The number of aryl methyl sites for hydroxylation is 1. The van der Waals surface area contributed by atoms with Gasteiger partial charge in [0, 0.05) is 30.1 Å². The molecule has 0 aliphatic carbocycles. The average Bonchev–Trinajstić information content (AvgIpc) is 2.80. The van der Waals surface area contributed by atoms with Crippen LogP contribution in [0.5, 0.6) is 0 Å². The molecule has 0 unspecified atom stereocenters. The lowest BCUT2D eigenvalue weighted by Crippen LogP contribution is -2.24. The first-order valence-electron chi connectivity index (χ1n) is 6.00. The van der Waals surface area contributed by atoms with E-state index in [0.29, 0.717) is 25.8 Å². The Morgan fingerprint density at radius 2 is 2.22 bits per heavy atom. The number of hydrogen-bond acceptors (Lipinski definition) is 2. The zero-order chi connectivity index (χ0) is 12.8. The number of amides is 1. The third-order valence-corrected chi connectivity index (χ3v) is 2.86. The summed E-state index contributed by atoms with van der Waals surface area (Å²) in [6.07, 6.45) is 3.47. The Bertz CT molecular complexity index is 580. The first-order chi connectivity index (χ1) is 8.81. The summed E-state index contributed by atoms with van der Waals surface area (Å²) in [7, 11) is 0. The number of aromatic nitrogens is 1. The Morgan fingerprint density at radius 1 is 1.39 bits per heavy atom. The molecule has 0 saturated carbocycles. The Morgan fingerprint density at radius 3 is 3.06 bits per heavy atom. The molecule has 0 saturated heterocycles. The van der Waals surface area contributed by atoms with Gasteiger partial charge in [0.15, 0.2) is 0 Å². The number of fused-ring (bicyclic) bond motifs is 1. The van der Waals surface area contributed by atoms with Crippen molar-refractivity contribution in [2.75, 3.05) is 6.54 Å². The quantitative estimate of drug-likeness (QED) is 0.787. The molecule has 0 bridgehead atoms. The molecule has 0 aliphatic heterocycles. The third-order valence-electron chi connectivity index (χ3n) is 2.86. The largest absolute Gasteiger partial charge is 0.361 e. The number of nitrogens with zero attached hydrogens (tertiary/aromatic N) is 1. The number of aromatic amines is 1. The summed E-state index contributed by atoms with van der Waals surface area (Å²) in [5, 5.41) is 12.3. The number of carbonyl (C=O) groups is 1. The molecular formula is C14H15N3O. The maximum absolute atomic E-state index is 11.5. The van der Waals surface area contributed by atoms with Gasteiger partial charge in [0.1, 0.15) is 0 Å². The summed E-state index contributed by atoms with van der Waals surface area (Å²) in [6.45, 7) is 0.434. The highest BCUT2D eigenvalue weighted by Crippen LogP contribution is 2.18. The van der Waals surface area contributed by atoms with Crippen LogP contribution in [0.2, 0.25) is 0 Å². The Balaban J connectivity index is 1.90. The van der Waals surface area contributed by atoms with Crippen LogP contribution >= 0.6 is 0 Å². The van der Waals surface area contributed by atoms with Crippen molar-refractivity contribution in [3.63, 3.8) is 0 Å². The molecule has 0 radical (unpaired) electrons. The summed E-state index contributed by atoms with van der Waals surface area (Å²) in [4.78, 5) is 14.7. The van der Waals surface area contributed by atoms with Crippen molar-refractivity contribution in [1.82, 2.24) is 10.3 Å². The molecule has 4 heteroatoms. The molecule has 1 heterocycles.